The van der Waals surface area contributed by atoms with E-state index in [4.69, 9.17) is 16.3 Å². The number of nitrogens with zero attached hydrogens (tertiary/aromatic N) is 1. The number of anilines is 1. The smallest absolute Gasteiger partial charge is 0.255 e. The molecule has 1 amide bonds. The van der Waals surface area contributed by atoms with Gasteiger partial charge in [0.05, 0.1) is 7.11 Å². The van der Waals surface area contributed by atoms with Crippen LogP contribution in [-0.4, -0.2) is 38.8 Å². The standard InChI is InChI=1S/C20H23ClN2O4S/c1-14-12-16(21)7-8-17(14)22-20(24)15-6-9-18(27-2)19(13-15)28(25,26)23-10-4-3-5-11-23/h6-9,12-13H,3-5,10-11H2,1-2H3,(H,22,24). The van der Waals surface area contributed by atoms with Crippen molar-refractivity contribution in [1.29, 1.82) is 0 Å². The molecule has 2 aromatic rings. The zero-order valence-corrected chi connectivity index (χ0v) is 17.4. The molecule has 28 heavy (non-hydrogen) atoms. The number of rotatable bonds is 5. The number of hydrogen-bond donors (Lipinski definition) is 1. The summed E-state index contributed by atoms with van der Waals surface area (Å²) in [7, 11) is -2.32. The van der Waals surface area contributed by atoms with Crippen LogP contribution in [0, 0.1) is 6.92 Å². The number of nitrogens with one attached hydrogen (secondary N) is 1. The number of benzene rings is 2. The van der Waals surface area contributed by atoms with E-state index < -0.39 is 15.9 Å². The molecule has 6 nitrogen and oxygen atoms in total. The highest BCUT2D eigenvalue weighted by atomic mass is 35.5. The van der Waals surface area contributed by atoms with E-state index in [0.717, 1.165) is 24.8 Å². The zero-order valence-electron chi connectivity index (χ0n) is 15.9. The van der Waals surface area contributed by atoms with Gasteiger partial charge in [-0.2, -0.15) is 4.31 Å². The lowest BCUT2D eigenvalue weighted by atomic mass is 10.1. The number of amides is 1. The summed E-state index contributed by atoms with van der Waals surface area (Å²) in [5, 5.41) is 3.38. The molecule has 8 heteroatoms. The van der Waals surface area contributed by atoms with E-state index in [1.807, 2.05) is 6.92 Å². The Bertz CT molecular complexity index is 986. The first-order valence-corrected chi connectivity index (χ1v) is 10.9. The molecule has 0 atom stereocenters. The summed E-state index contributed by atoms with van der Waals surface area (Å²) in [6, 6.07) is 9.59. The highest BCUT2D eigenvalue weighted by molar-refractivity contribution is 7.89. The molecule has 2 aromatic carbocycles. The van der Waals surface area contributed by atoms with Crippen LogP contribution in [0.5, 0.6) is 5.75 Å². The van der Waals surface area contributed by atoms with Gasteiger partial charge in [0, 0.05) is 29.4 Å². The van der Waals surface area contributed by atoms with Gasteiger partial charge >= 0.3 is 0 Å². The van der Waals surface area contributed by atoms with Gasteiger partial charge in [0.2, 0.25) is 10.0 Å². The Balaban J connectivity index is 1.92. The van der Waals surface area contributed by atoms with E-state index in [0.29, 0.717) is 23.8 Å². The summed E-state index contributed by atoms with van der Waals surface area (Å²) in [5.74, 6) is -0.173. The van der Waals surface area contributed by atoms with Gasteiger partial charge in [-0.15, -0.1) is 0 Å². The van der Waals surface area contributed by atoms with Gasteiger partial charge in [-0.1, -0.05) is 18.0 Å². The number of methoxy groups -OCH3 is 1. The van der Waals surface area contributed by atoms with E-state index in [-0.39, 0.29) is 16.2 Å². The summed E-state index contributed by atoms with van der Waals surface area (Å²) in [6.45, 7) is 2.79. The number of piperidine rings is 1. The maximum Gasteiger partial charge on any atom is 0.255 e. The summed E-state index contributed by atoms with van der Waals surface area (Å²) < 4.78 is 32.9. The van der Waals surface area contributed by atoms with Crippen molar-refractivity contribution in [3.63, 3.8) is 0 Å². The molecule has 1 fully saturated rings. The van der Waals surface area contributed by atoms with E-state index in [1.165, 1.54) is 23.5 Å². The minimum absolute atomic E-state index is 0.0115. The number of ether oxygens (including phenoxy) is 1. The molecule has 0 spiro atoms. The van der Waals surface area contributed by atoms with Crippen molar-refractivity contribution in [1.82, 2.24) is 4.31 Å². The Morgan fingerprint density at radius 3 is 2.46 bits per heavy atom. The second-order valence-corrected chi connectivity index (χ2v) is 9.09. The fourth-order valence-corrected chi connectivity index (χ4v) is 5.15. The minimum Gasteiger partial charge on any atom is -0.495 e. The first-order valence-electron chi connectivity index (χ1n) is 9.08. The second kappa shape index (κ2) is 8.51. The van der Waals surface area contributed by atoms with E-state index in [9.17, 15) is 13.2 Å². The van der Waals surface area contributed by atoms with Gasteiger partial charge in [-0.05, 0) is 61.7 Å². The van der Waals surface area contributed by atoms with Crippen molar-refractivity contribution in [3.8, 4) is 5.75 Å². The third-order valence-electron chi connectivity index (χ3n) is 4.80. The minimum atomic E-state index is -3.74. The van der Waals surface area contributed by atoms with Crippen LogP contribution in [0.1, 0.15) is 35.2 Å². The van der Waals surface area contributed by atoms with Crippen molar-refractivity contribution in [2.75, 3.05) is 25.5 Å². The molecule has 150 valence electrons. The van der Waals surface area contributed by atoms with Crippen LogP contribution in [0.3, 0.4) is 0 Å². The van der Waals surface area contributed by atoms with E-state index in [2.05, 4.69) is 5.32 Å². The number of carbonyl (C=O) groups is 1. The highest BCUT2D eigenvalue weighted by Crippen LogP contribution is 2.30. The van der Waals surface area contributed by atoms with Crippen LogP contribution in [0.25, 0.3) is 0 Å². The predicted molar refractivity (Wildman–Crippen MR) is 110 cm³/mol. The highest BCUT2D eigenvalue weighted by Gasteiger charge is 2.29. The van der Waals surface area contributed by atoms with Crippen LogP contribution in [0.4, 0.5) is 5.69 Å². The largest absolute Gasteiger partial charge is 0.495 e. The molecule has 1 aliphatic heterocycles. The van der Waals surface area contributed by atoms with Crippen LogP contribution in [-0.2, 0) is 10.0 Å². The molecular formula is C20H23ClN2O4S. The maximum atomic E-state index is 13.1. The Kier molecular flexibility index (Phi) is 6.27. The summed E-state index contributed by atoms with van der Waals surface area (Å²) in [5.41, 5.74) is 1.67. The molecule has 1 N–H and O–H groups in total. The number of aryl methyl sites for hydroxylation is 1. The van der Waals surface area contributed by atoms with Gasteiger partial charge in [0.15, 0.2) is 0 Å². The molecular weight excluding hydrogens is 400 g/mol. The molecule has 0 saturated carbocycles. The average molecular weight is 423 g/mol. The molecule has 1 saturated heterocycles. The Hall–Kier alpha value is -2.09. The summed E-state index contributed by atoms with van der Waals surface area (Å²) in [6.07, 6.45) is 2.68. The van der Waals surface area contributed by atoms with Gasteiger partial charge in [-0.3, -0.25) is 4.79 Å². The second-order valence-electron chi connectivity index (χ2n) is 6.74. The number of hydrogen-bond acceptors (Lipinski definition) is 4. The average Bonchev–Trinajstić information content (AvgIpc) is 2.70. The van der Waals surface area contributed by atoms with Crippen molar-refractivity contribution in [3.05, 3.63) is 52.5 Å². The maximum absolute atomic E-state index is 13.1. The molecule has 0 radical (unpaired) electrons. The molecule has 0 aromatic heterocycles. The Morgan fingerprint density at radius 2 is 1.82 bits per heavy atom. The van der Waals surface area contributed by atoms with Gasteiger partial charge in [0.25, 0.3) is 5.91 Å². The monoisotopic (exact) mass is 422 g/mol. The fourth-order valence-electron chi connectivity index (χ4n) is 3.23. The van der Waals surface area contributed by atoms with Crippen molar-refractivity contribution in [2.45, 2.75) is 31.1 Å². The normalized spacial score (nSPS) is 15.2. The lowest BCUT2D eigenvalue weighted by molar-refractivity contribution is 0.102. The van der Waals surface area contributed by atoms with Crippen LogP contribution >= 0.6 is 11.6 Å². The van der Waals surface area contributed by atoms with E-state index >= 15 is 0 Å². The Morgan fingerprint density at radius 1 is 1.11 bits per heavy atom. The third-order valence-corrected chi connectivity index (χ3v) is 6.95. The quantitative estimate of drug-likeness (QED) is 0.787. The van der Waals surface area contributed by atoms with Crippen molar-refractivity contribution in [2.24, 2.45) is 0 Å². The summed E-state index contributed by atoms with van der Waals surface area (Å²) >= 11 is 5.95. The van der Waals surface area contributed by atoms with Crippen LogP contribution in [0.15, 0.2) is 41.3 Å². The topological polar surface area (TPSA) is 75.7 Å². The zero-order chi connectivity index (χ0) is 20.3. The first kappa shape index (κ1) is 20.6. The summed E-state index contributed by atoms with van der Waals surface area (Å²) in [4.78, 5) is 12.7. The van der Waals surface area contributed by atoms with Crippen molar-refractivity contribution >= 4 is 33.2 Å². The molecule has 0 bridgehead atoms. The van der Waals surface area contributed by atoms with Gasteiger partial charge in [-0.25, -0.2) is 8.42 Å². The number of carbonyl (C=O) groups excluding carboxylic acids is 1. The van der Waals surface area contributed by atoms with Gasteiger partial charge < -0.3 is 10.1 Å². The van der Waals surface area contributed by atoms with Crippen LogP contribution < -0.4 is 10.1 Å². The van der Waals surface area contributed by atoms with Gasteiger partial charge in [0.1, 0.15) is 10.6 Å². The first-order chi connectivity index (χ1) is 13.3. The molecule has 0 aliphatic carbocycles. The fraction of sp³-hybridized carbons (Fsp3) is 0.350. The number of halogens is 1. The third kappa shape index (κ3) is 4.32. The Labute approximate surface area is 170 Å². The molecule has 1 heterocycles. The lowest BCUT2D eigenvalue weighted by Gasteiger charge is -2.26. The molecule has 0 unspecified atom stereocenters. The number of sulfonamides is 1. The van der Waals surface area contributed by atoms with E-state index in [1.54, 1.807) is 24.3 Å². The SMILES string of the molecule is COc1ccc(C(=O)Nc2ccc(Cl)cc2C)cc1S(=O)(=O)N1CCCCC1. The van der Waals surface area contributed by atoms with Crippen molar-refractivity contribution < 1.29 is 17.9 Å². The lowest BCUT2D eigenvalue weighted by Crippen LogP contribution is -2.35. The van der Waals surface area contributed by atoms with Crippen LogP contribution in [0.2, 0.25) is 5.02 Å². The molecule has 3 rings (SSSR count). The predicted octanol–water partition coefficient (Wildman–Crippen LogP) is 4.08. The molecule has 1 aliphatic rings.